The van der Waals surface area contributed by atoms with Gasteiger partial charge in [0.1, 0.15) is 12.7 Å². The van der Waals surface area contributed by atoms with Crippen LogP contribution in [-0.2, 0) is 0 Å². The van der Waals surface area contributed by atoms with E-state index >= 15 is 0 Å². The predicted molar refractivity (Wildman–Crippen MR) is 74.4 cm³/mol. The Morgan fingerprint density at radius 2 is 2.20 bits per heavy atom. The van der Waals surface area contributed by atoms with Crippen molar-refractivity contribution in [3.05, 3.63) is 12.7 Å². The summed E-state index contributed by atoms with van der Waals surface area (Å²) in [6, 6.07) is 0.534. The number of hydrogen-bond donors (Lipinski definition) is 1. The molecule has 1 aliphatic carbocycles. The third kappa shape index (κ3) is 2.68. The Morgan fingerprint density at radius 3 is 2.85 bits per heavy atom. The van der Waals surface area contributed by atoms with Gasteiger partial charge in [0.05, 0.1) is 0 Å². The molecular weight excluding hydrogens is 256 g/mol. The Labute approximate surface area is 117 Å². The largest absolute Gasteiger partial charge is 0.368 e. The van der Waals surface area contributed by atoms with Crippen molar-refractivity contribution in [2.45, 2.75) is 38.6 Å². The molecule has 8 heteroatoms. The number of rotatable bonds is 6. The zero-order chi connectivity index (χ0) is 13.9. The third-order valence-electron chi connectivity index (χ3n) is 3.25. The number of nitrogens with two attached hydrogens (primary N) is 1. The van der Waals surface area contributed by atoms with Gasteiger partial charge in [0.15, 0.2) is 0 Å². The van der Waals surface area contributed by atoms with Crippen LogP contribution in [0.2, 0.25) is 0 Å². The Kier molecular flexibility index (Phi) is 3.44. The molecule has 3 rings (SSSR count). The van der Waals surface area contributed by atoms with Crippen LogP contribution in [0.4, 0.5) is 11.9 Å². The molecule has 0 bridgehead atoms. The van der Waals surface area contributed by atoms with Crippen LogP contribution in [-0.4, -0.2) is 42.3 Å². The molecule has 106 valence electrons. The van der Waals surface area contributed by atoms with Crippen LogP contribution in [0.1, 0.15) is 32.6 Å². The van der Waals surface area contributed by atoms with Gasteiger partial charge in [-0.3, -0.25) is 0 Å². The van der Waals surface area contributed by atoms with Gasteiger partial charge in [-0.1, -0.05) is 13.3 Å². The molecule has 0 radical (unpaired) electrons. The second kappa shape index (κ2) is 5.40. The molecule has 8 nitrogen and oxygen atoms in total. The molecule has 0 amide bonds. The number of unbranched alkanes of at least 4 members (excludes halogenated alkanes) is 1. The Balaban J connectivity index is 1.91. The highest BCUT2D eigenvalue weighted by molar-refractivity contribution is 5.40. The molecule has 1 fully saturated rings. The lowest BCUT2D eigenvalue weighted by molar-refractivity contribution is 0.685. The van der Waals surface area contributed by atoms with E-state index in [-0.39, 0.29) is 5.95 Å². The fourth-order valence-electron chi connectivity index (χ4n) is 2.07. The van der Waals surface area contributed by atoms with Gasteiger partial charge in [-0.05, 0) is 19.3 Å². The van der Waals surface area contributed by atoms with Crippen molar-refractivity contribution in [3.8, 4) is 5.95 Å². The van der Waals surface area contributed by atoms with E-state index in [9.17, 15) is 0 Å². The maximum absolute atomic E-state index is 5.80. The van der Waals surface area contributed by atoms with Gasteiger partial charge in [-0.25, -0.2) is 4.98 Å². The summed E-state index contributed by atoms with van der Waals surface area (Å²) in [5, 5.41) is 4.03. The molecule has 2 N–H and O–H groups in total. The van der Waals surface area contributed by atoms with Crippen LogP contribution in [0.3, 0.4) is 0 Å². The summed E-state index contributed by atoms with van der Waals surface area (Å²) in [6.07, 6.45) is 7.61. The van der Waals surface area contributed by atoms with Crippen LogP contribution in [0.15, 0.2) is 12.7 Å². The molecule has 0 spiro atoms. The highest BCUT2D eigenvalue weighted by Crippen LogP contribution is 2.30. The summed E-state index contributed by atoms with van der Waals surface area (Å²) in [5.74, 6) is 1.26. The fourth-order valence-corrected chi connectivity index (χ4v) is 2.07. The van der Waals surface area contributed by atoms with Crippen molar-refractivity contribution >= 4 is 11.9 Å². The smallest absolute Gasteiger partial charge is 0.258 e. The highest BCUT2D eigenvalue weighted by Gasteiger charge is 2.31. The van der Waals surface area contributed by atoms with Crippen LogP contribution in [0.25, 0.3) is 5.95 Å². The average Bonchev–Trinajstić information content (AvgIpc) is 3.12. The lowest BCUT2D eigenvalue weighted by Gasteiger charge is -2.22. The van der Waals surface area contributed by atoms with Crippen LogP contribution < -0.4 is 10.6 Å². The summed E-state index contributed by atoms with van der Waals surface area (Å²) in [4.78, 5) is 19.0. The second-order valence-corrected chi connectivity index (χ2v) is 4.91. The maximum atomic E-state index is 5.80. The molecule has 20 heavy (non-hydrogen) atoms. The van der Waals surface area contributed by atoms with E-state index in [1.807, 2.05) is 0 Å². The lowest BCUT2D eigenvalue weighted by atomic mass is 10.3. The van der Waals surface area contributed by atoms with Crippen molar-refractivity contribution in [3.63, 3.8) is 0 Å². The Bertz CT molecular complexity index is 563. The average molecular weight is 274 g/mol. The molecule has 0 atom stereocenters. The normalized spacial score (nSPS) is 14.4. The van der Waals surface area contributed by atoms with Crippen molar-refractivity contribution < 1.29 is 0 Å². The van der Waals surface area contributed by atoms with Gasteiger partial charge in [-0.2, -0.15) is 24.7 Å². The first kappa shape index (κ1) is 12.8. The van der Waals surface area contributed by atoms with E-state index in [1.165, 1.54) is 23.9 Å². The molecule has 0 aliphatic heterocycles. The van der Waals surface area contributed by atoms with Crippen molar-refractivity contribution in [2.75, 3.05) is 17.2 Å². The first-order valence-corrected chi connectivity index (χ1v) is 6.91. The number of nitrogen functional groups attached to an aromatic ring is 1. The van der Waals surface area contributed by atoms with Gasteiger partial charge in [0.25, 0.3) is 5.95 Å². The zero-order valence-electron chi connectivity index (χ0n) is 11.5. The summed E-state index contributed by atoms with van der Waals surface area (Å²) < 4.78 is 1.49. The van der Waals surface area contributed by atoms with Gasteiger partial charge in [0.2, 0.25) is 11.9 Å². The zero-order valence-corrected chi connectivity index (χ0v) is 11.5. The fraction of sp³-hybridized carbons (Fsp3) is 0.583. The van der Waals surface area contributed by atoms with E-state index in [0.717, 1.165) is 19.4 Å². The molecule has 2 aromatic rings. The molecule has 2 heterocycles. The molecule has 0 unspecified atom stereocenters. The standard InChI is InChI=1S/C12H18N8/c1-2-3-6-19(9-4-5-9)11-16-10(13)17-12(18-11)20-8-14-7-15-20/h7-9H,2-6H2,1H3,(H2,13,16,17,18). The predicted octanol–water partition coefficient (Wildman–Crippen LogP) is 0.803. The molecule has 1 saturated carbocycles. The third-order valence-corrected chi connectivity index (χ3v) is 3.25. The molecule has 0 aromatic carbocycles. The number of anilines is 2. The number of aromatic nitrogens is 6. The van der Waals surface area contributed by atoms with E-state index in [2.05, 4.69) is 36.9 Å². The summed E-state index contributed by atoms with van der Waals surface area (Å²) in [6.45, 7) is 3.12. The first-order chi connectivity index (χ1) is 9.78. The Morgan fingerprint density at radius 1 is 1.35 bits per heavy atom. The van der Waals surface area contributed by atoms with Crippen LogP contribution >= 0.6 is 0 Å². The topological polar surface area (TPSA) is 98.6 Å². The minimum absolute atomic E-state index is 0.211. The Hall–Kier alpha value is -2.25. The molecule has 2 aromatic heterocycles. The van der Waals surface area contributed by atoms with Crippen LogP contribution in [0.5, 0.6) is 0 Å². The van der Waals surface area contributed by atoms with E-state index in [0.29, 0.717) is 17.9 Å². The monoisotopic (exact) mass is 274 g/mol. The van der Waals surface area contributed by atoms with Crippen molar-refractivity contribution in [2.24, 2.45) is 0 Å². The second-order valence-electron chi connectivity index (χ2n) is 4.91. The number of hydrogen-bond acceptors (Lipinski definition) is 7. The van der Waals surface area contributed by atoms with E-state index < -0.39 is 0 Å². The summed E-state index contributed by atoms with van der Waals surface area (Å²) in [5.41, 5.74) is 5.80. The minimum atomic E-state index is 0.211. The van der Waals surface area contributed by atoms with Crippen molar-refractivity contribution in [1.82, 2.24) is 29.7 Å². The summed E-state index contributed by atoms with van der Waals surface area (Å²) in [7, 11) is 0. The number of nitrogens with zero attached hydrogens (tertiary/aromatic N) is 7. The SMILES string of the molecule is CCCCN(c1nc(N)nc(-n2cncn2)n1)C1CC1. The van der Waals surface area contributed by atoms with Gasteiger partial charge in [-0.15, -0.1) is 0 Å². The van der Waals surface area contributed by atoms with Crippen LogP contribution in [0, 0.1) is 0 Å². The molecular formula is C12H18N8. The summed E-state index contributed by atoms with van der Waals surface area (Å²) >= 11 is 0. The highest BCUT2D eigenvalue weighted by atomic mass is 15.4. The van der Waals surface area contributed by atoms with Gasteiger partial charge < -0.3 is 10.6 Å². The molecule has 1 aliphatic rings. The first-order valence-electron chi connectivity index (χ1n) is 6.91. The quantitative estimate of drug-likeness (QED) is 0.831. The molecule has 0 saturated heterocycles. The lowest BCUT2D eigenvalue weighted by Crippen LogP contribution is -2.29. The van der Waals surface area contributed by atoms with E-state index in [1.54, 1.807) is 6.33 Å². The minimum Gasteiger partial charge on any atom is -0.368 e. The van der Waals surface area contributed by atoms with Crippen molar-refractivity contribution in [1.29, 1.82) is 0 Å². The van der Waals surface area contributed by atoms with E-state index in [4.69, 9.17) is 5.73 Å². The maximum Gasteiger partial charge on any atom is 0.258 e. The van der Waals surface area contributed by atoms with Gasteiger partial charge in [0, 0.05) is 12.6 Å². The van der Waals surface area contributed by atoms with Gasteiger partial charge >= 0.3 is 0 Å².